The van der Waals surface area contributed by atoms with Gasteiger partial charge in [0.15, 0.2) is 17.5 Å². The van der Waals surface area contributed by atoms with Crippen LogP contribution in [0, 0.1) is 17.5 Å². The molecule has 4 nitrogen and oxygen atoms in total. The average molecular weight is 333 g/mol. The Bertz CT molecular complexity index is 934. The number of benzene rings is 1. The number of nitrogens with zero attached hydrogens (tertiary/aromatic N) is 3. The molecule has 0 saturated heterocycles. The van der Waals surface area contributed by atoms with Gasteiger partial charge in [0.2, 0.25) is 5.91 Å². The number of fused-ring (bicyclic) bond motifs is 1. The number of carbonyl (C=O) groups is 1. The van der Waals surface area contributed by atoms with Crippen molar-refractivity contribution in [1.82, 2.24) is 14.5 Å². The van der Waals surface area contributed by atoms with Crippen molar-refractivity contribution in [3.63, 3.8) is 0 Å². The molecule has 0 atom stereocenters. The van der Waals surface area contributed by atoms with Crippen molar-refractivity contribution in [2.24, 2.45) is 0 Å². The van der Waals surface area contributed by atoms with Crippen molar-refractivity contribution < 1.29 is 18.0 Å². The summed E-state index contributed by atoms with van der Waals surface area (Å²) in [5, 5.41) is 0. The normalized spacial score (nSPS) is 11.0. The van der Waals surface area contributed by atoms with E-state index in [1.165, 1.54) is 11.1 Å². The van der Waals surface area contributed by atoms with Crippen molar-refractivity contribution in [1.29, 1.82) is 0 Å². The number of carbonyl (C=O) groups excluding carboxylic acids is 1. The van der Waals surface area contributed by atoms with Crippen LogP contribution in [-0.2, 0) is 11.3 Å². The summed E-state index contributed by atoms with van der Waals surface area (Å²) in [4.78, 5) is 17.5. The Balaban J connectivity index is 2.08. The van der Waals surface area contributed by atoms with Crippen molar-refractivity contribution in [2.75, 3.05) is 14.1 Å². The molecule has 1 aromatic carbocycles. The highest BCUT2D eigenvalue weighted by Gasteiger charge is 2.16. The molecule has 3 aromatic rings. The molecular formula is C17H14F3N3O. The first-order chi connectivity index (χ1) is 11.4. The fourth-order valence-electron chi connectivity index (χ4n) is 2.38. The summed E-state index contributed by atoms with van der Waals surface area (Å²) in [5.74, 6) is -4.15. The van der Waals surface area contributed by atoms with Crippen LogP contribution in [0.25, 0.3) is 22.2 Å². The highest BCUT2D eigenvalue weighted by atomic mass is 19.2. The zero-order valence-corrected chi connectivity index (χ0v) is 13.1. The van der Waals surface area contributed by atoms with Crippen LogP contribution >= 0.6 is 0 Å². The van der Waals surface area contributed by atoms with E-state index >= 15 is 0 Å². The number of pyridine rings is 1. The first kappa shape index (κ1) is 16.0. The Kier molecular flexibility index (Phi) is 4.01. The Labute approximate surface area is 136 Å². The zero-order valence-electron chi connectivity index (χ0n) is 13.1. The van der Waals surface area contributed by atoms with E-state index in [0.717, 1.165) is 12.1 Å². The van der Waals surface area contributed by atoms with Crippen LogP contribution in [0.4, 0.5) is 13.2 Å². The second-order valence-electron chi connectivity index (χ2n) is 5.58. The van der Waals surface area contributed by atoms with E-state index in [0.29, 0.717) is 16.6 Å². The van der Waals surface area contributed by atoms with Crippen LogP contribution in [0.2, 0.25) is 0 Å². The largest absolute Gasteiger partial charge is 0.347 e. The number of amides is 1. The van der Waals surface area contributed by atoms with Crippen LogP contribution in [0.5, 0.6) is 0 Å². The summed E-state index contributed by atoms with van der Waals surface area (Å²) in [6.45, 7) is 0.0991. The maximum absolute atomic E-state index is 14.0. The third-order valence-corrected chi connectivity index (χ3v) is 3.77. The third kappa shape index (κ3) is 2.73. The van der Waals surface area contributed by atoms with Gasteiger partial charge < -0.3 is 9.47 Å². The third-order valence-electron chi connectivity index (χ3n) is 3.77. The van der Waals surface area contributed by atoms with Crippen LogP contribution in [-0.4, -0.2) is 34.5 Å². The number of likely N-dealkylation sites (N-methyl/N-ethyl adjacent to an activating group) is 1. The van der Waals surface area contributed by atoms with E-state index in [4.69, 9.17) is 0 Å². The van der Waals surface area contributed by atoms with E-state index in [2.05, 4.69) is 4.98 Å². The summed E-state index contributed by atoms with van der Waals surface area (Å²) in [7, 11) is 3.29. The van der Waals surface area contributed by atoms with Gasteiger partial charge in [-0.3, -0.25) is 9.78 Å². The average Bonchev–Trinajstić information content (AvgIpc) is 2.95. The molecule has 2 aromatic heterocycles. The predicted molar refractivity (Wildman–Crippen MR) is 83.7 cm³/mol. The van der Waals surface area contributed by atoms with Gasteiger partial charge >= 0.3 is 0 Å². The standard InChI is InChI=1S/C17H14F3N3O/c1-22(2)15(24)9-23-6-5-13-14(23)7-10(8-21-13)11-3-4-12(18)17(20)16(11)19/h3-8H,9H2,1-2H3. The first-order valence-electron chi connectivity index (χ1n) is 7.17. The van der Waals surface area contributed by atoms with E-state index in [1.807, 2.05) is 0 Å². The molecule has 3 rings (SSSR count). The summed E-state index contributed by atoms with van der Waals surface area (Å²) in [6, 6.07) is 5.35. The first-order valence-corrected chi connectivity index (χ1v) is 7.17. The molecule has 0 fully saturated rings. The van der Waals surface area contributed by atoms with Gasteiger partial charge in [0.1, 0.15) is 6.54 Å². The number of hydrogen-bond donors (Lipinski definition) is 0. The highest BCUT2D eigenvalue weighted by Crippen LogP contribution is 2.28. The second-order valence-corrected chi connectivity index (χ2v) is 5.58. The summed E-state index contributed by atoms with van der Waals surface area (Å²) >= 11 is 0. The fraction of sp³-hybridized carbons (Fsp3) is 0.176. The van der Waals surface area contributed by atoms with E-state index in [-0.39, 0.29) is 18.0 Å². The molecule has 0 spiro atoms. The van der Waals surface area contributed by atoms with Gasteiger partial charge in [-0.25, -0.2) is 13.2 Å². The molecule has 0 unspecified atom stereocenters. The lowest BCUT2D eigenvalue weighted by Crippen LogP contribution is -2.25. The zero-order chi connectivity index (χ0) is 17.4. The Morgan fingerprint density at radius 2 is 1.92 bits per heavy atom. The molecule has 0 saturated carbocycles. The maximum atomic E-state index is 14.0. The van der Waals surface area contributed by atoms with E-state index < -0.39 is 17.5 Å². The van der Waals surface area contributed by atoms with E-state index in [9.17, 15) is 18.0 Å². The maximum Gasteiger partial charge on any atom is 0.241 e. The SMILES string of the molecule is CN(C)C(=O)Cn1ccc2ncc(-c3ccc(F)c(F)c3F)cc21. The smallest absolute Gasteiger partial charge is 0.241 e. The summed E-state index contributed by atoms with van der Waals surface area (Å²) in [6.07, 6.45) is 3.08. The number of aromatic nitrogens is 2. The van der Waals surface area contributed by atoms with Gasteiger partial charge in [-0.05, 0) is 24.3 Å². The molecule has 2 heterocycles. The Morgan fingerprint density at radius 1 is 1.17 bits per heavy atom. The molecule has 0 aliphatic heterocycles. The van der Waals surface area contributed by atoms with Crippen LogP contribution in [0.15, 0.2) is 36.7 Å². The topological polar surface area (TPSA) is 38.1 Å². The lowest BCUT2D eigenvalue weighted by atomic mass is 10.1. The van der Waals surface area contributed by atoms with Gasteiger partial charge in [-0.15, -0.1) is 0 Å². The minimum Gasteiger partial charge on any atom is -0.347 e. The lowest BCUT2D eigenvalue weighted by molar-refractivity contribution is -0.129. The molecule has 0 aliphatic rings. The summed E-state index contributed by atoms with van der Waals surface area (Å²) < 4.78 is 42.2. The molecule has 1 amide bonds. The minimum atomic E-state index is -1.52. The van der Waals surface area contributed by atoms with Gasteiger partial charge in [0.25, 0.3) is 0 Å². The summed E-state index contributed by atoms with van der Waals surface area (Å²) in [5.41, 5.74) is 1.44. The van der Waals surface area contributed by atoms with Crippen LogP contribution in [0.3, 0.4) is 0 Å². The Hall–Kier alpha value is -2.83. The van der Waals surface area contributed by atoms with Crippen molar-refractivity contribution in [3.8, 4) is 11.1 Å². The number of halogens is 3. The molecular weight excluding hydrogens is 319 g/mol. The molecule has 0 aliphatic carbocycles. The van der Waals surface area contributed by atoms with Crippen molar-refractivity contribution in [3.05, 3.63) is 54.1 Å². The highest BCUT2D eigenvalue weighted by molar-refractivity contribution is 5.84. The molecule has 0 bridgehead atoms. The van der Waals surface area contributed by atoms with Gasteiger partial charge in [0.05, 0.1) is 11.0 Å². The van der Waals surface area contributed by atoms with Crippen LogP contribution < -0.4 is 0 Å². The van der Waals surface area contributed by atoms with Crippen molar-refractivity contribution in [2.45, 2.75) is 6.54 Å². The lowest BCUT2D eigenvalue weighted by Gasteiger charge is -2.12. The molecule has 7 heteroatoms. The molecule has 24 heavy (non-hydrogen) atoms. The molecule has 124 valence electrons. The quantitative estimate of drug-likeness (QED) is 0.690. The predicted octanol–water partition coefficient (Wildman–Crippen LogP) is 3.21. The number of hydrogen-bond acceptors (Lipinski definition) is 2. The monoisotopic (exact) mass is 333 g/mol. The van der Waals surface area contributed by atoms with Gasteiger partial charge in [0, 0.05) is 37.6 Å². The number of rotatable bonds is 3. The van der Waals surface area contributed by atoms with Crippen molar-refractivity contribution >= 4 is 16.9 Å². The molecule has 0 radical (unpaired) electrons. The van der Waals surface area contributed by atoms with Crippen LogP contribution in [0.1, 0.15) is 0 Å². The van der Waals surface area contributed by atoms with E-state index in [1.54, 1.807) is 37.0 Å². The van der Waals surface area contributed by atoms with Gasteiger partial charge in [-0.2, -0.15) is 0 Å². The van der Waals surface area contributed by atoms with Gasteiger partial charge in [-0.1, -0.05) is 0 Å². The minimum absolute atomic E-state index is 0.0880. The fourth-order valence-corrected chi connectivity index (χ4v) is 2.38. The second kappa shape index (κ2) is 5.99. The Morgan fingerprint density at radius 3 is 2.62 bits per heavy atom. The molecule has 0 N–H and O–H groups in total.